The van der Waals surface area contributed by atoms with Gasteiger partial charge in [0, 0.05) is 0 Å². The number of nitrogens with zero attached hydrogens (tertiary/aromatic N) is 1. The fraction of sp³-hybridized carbons (Fsp3) is 0.462. The highest BCUT2D eigenvalue weighted by Gasteiger charge is 2.32. The molecule has 0 spiro atoms. The zero-order chi connectivity index (χ0) is 22.5. The number of hydrogen-bond donors (Lipinski definition) is 0. The Labute approximate surface area is 198 Å². The van der Waals surface area contributed by atoms with Gasteiger partial charge in [-0.05, 0) is 43.5 Å². The molecule has 2 aromatic carbocycles. The van der Waals surface area contributed by atoms with Crippen molar-refractivity contribution in [3.8, 4) is 0 Å². The van der Waals surface area contributed by atoms with Crippen LogP contribution in [0.1, 0.15) is 60.7 Å². The molecule has 0 heterocycles. The van der Waals surface area contributed by atoms with E-state index in [1.165, 1.54) is 0 Å². The molecule has 32 heavy (non-hydrogen) atoms. The van der Waals surface area contributed by atoms with Gasteiger partial charge in [-0.3, -0.25) is 0 Å². The largest absolute Gasteiger partial charge is 1.00 e. The number of carbonyl (C=O) groups excluding carboxylic acids is 2. The van der Waals surface area contributed by atoms with Crippen LogP contribution in [0, 0.1) is 0 Å². The number of hydrogen-bond acceptors (Lipinski definition) is 4. The maximum atomic E-state index is 12.8. The summed E-state index contributed by atoms with van der Waals surface area (Å²) in [6.45, 7) is 10.2. The molecule has 0 amide bonds. The quantitative estimate of drug-likeness (QED) is 0.338. The minimum absolute atomic E-state index is 0. The molecule has 176 valence electrons. The number of halogens is 1. The minimum atomic E-state index is -0.509. The van der Waals surface area contributed by atoms with Crippen LogP contribution in [0.2, 0.25) is 0 Å². The van der Waals surface area contributed by atoms with E-state index in [9.17, 15) is 9.59 Å². The van der Waals surface area contributed by atoms with E-state index in [1.54, 1.807) is 36.4 Å². The SMILES string of the molecule is CCC[N+](CCC)(CCC)CC(COC(=O)c1ccccc1)OC(=O)c1ccccc1.[Cl-]. The Kier molecular flexibility index (Phi) is 12.7. The van der Waals surface area contributed by atoms with Crippen LogP contribution in [0.4, 0.5) is 0 Å². The third-order valence-electron chi connectivity index (χ3n) is 5.38. The molecule has 0 fully saturated rings. The fourth-order valence-corrected chi connectivity index (χ4v) is 4.21. The fourth-order valence-electron chi connectivity index (χ4n) is 4.21. The lowest BCUT2D eigenvalue weighted by atomic mass is 10.1. The van der Waals surface area contributed by atoms with E-state index >= 15 is 0 Å². The van der Waals surface area contributed by atoms with Crippen molar-refractivity contribution in [2.24, 2.45) is 0 Å². The van der Waals surface area contributed by atoms with E-state index in [4.69, 9.17) is 9.47 Å². The second-order valence-corrected chi connectivity index (χ2v) is 8.05. The van der Waals surface area contributed by atoms with Crippen LogP contribution < -0.4 is 12.4 Å². The molecule has 1 unspecified atom stereocenters. The minimum Gasteiger partial charge on any atom is -1.00 e. The van der Waals surface area contributed by atoms with Crippen molar-refractivity contribution in [3.05, 3.63) is 71.8 Å². The van der Waals surface area contributed by atoms with Crippen molar-refractivity contribution in [2.45, 2.75) is 46.1 Å². The Morgan fingerprint density at radius 1 is 0.750 bits per heavy atom. The van der Waals surface area contributed by atoms with Gasteiger partial charge in [0.05, 0.1) is 30.8 Å². The Hall–Kier alpha value is -2.37. The summed E-state index contributed by atoms with van der Waals surface area (Å²) in [6.07, 6.45) is 2.63. The first kappa shape index (κ1) is 27.7. The molecule has 0 saturated heterocycles. The molecule has 0 aromatic heterocycles. The molecule has 0 aliphatic carbocycles. The van der Waals surface area contributed by atoms with Crippen molar-refractivity contribution in [3.63, 3.8) is 0 Å². The third kappa shape index (κ3) is 8.64. The average Bonchev–Trinajstić information content (AvgIpc) is 2.79. The number of quaternary nitrogens is 1. The maximum absolute atomic E-state index is 12.8. The highest BCUT2D eigenvalue weighted by molar-refractivity contribution is 5.90. The second kappa shape index (κ2) is 14.6. The summed E-state index contributed by atoms with van der Waals surface area (Å²) in [5, 5.41) is 0. The van der Waals surface area contributed by atoms with E-state index in [0.717, 1.165) is 43.4 Å². The molecule has 2 rings (SSSR count). The molecule has 0 radical (unpaired) electrons. The van der Waals surface area contributed by atoms with Crippen molar-refractivity contribution in [1.29, 1.82) is 0 Å². The van der Waals surface area contributed by atoms with Gasteiger partial charge in [-0.1, -0.05) is 57.2 Å². The molecule has 1 atom stereocenters. The van der Waals surface area contributed by atoms with Crippen molar-refractivity contribution in [1.82, 2.24) is 0 Å². The average molecular weight is 462 g/mol. The summed E-state index contributed by atoms with van der Waals surface area (Å²) in [5.74, 6) is -0.787. The van der Waals surface area contributed by atoms with Gasteiger partial charge in [0.15, 0.2) is 6.10 Å². The topological polar surface area (TPSA) is 52.6 Å². The predicted octanol–water partition coefficient (Wildman–Crippen LogP) is 2.12. The molecule has 0 saturated carbocycles. The maximum Gasteiger partial charge on any atom is 0.338 e. The zero-order valence-corrected chi connectivity index (χ0v) is 20.2. The smallest absolute Gasteiger partial charge is 0.338 e. The van der Waals surface area contributed by atoms with Crippen molar-refractivity contribution >= 4 is 11.9 Å². The molecule has 0 bridgehead atoms. The summed E-state index contributed by atoms with van der Waals surface area (Å²) in [4.78, 5) is 25.2. The van der Waals surface area contributed by atoms with Crippen LogP contribution in [0.25, 0.3) is 0 Å². The Morgan fingerprint density at radius 3 is 1.62 bits per heavy atom. The third-order valence-corrected chi connectivity index (χ3v) is 5.38. The van der Waals surface area contributed by atoms with Crippen LogP contribution >= 0.6 is 0 Å². The van der Waals surface area contributed by atoms with Gasteiger partial charge in [0.2, 0.25) is 0 Å². The molecule has 0 aliphatic rings. The van der Waals surface area contributed by atoms with E-state index in [-0.39, 0.29) is 25.0 Å². The second-order valence-electron chi connectivity index (χ2n) is 8.05. The summed E-state index contributed by atoms with van der Waals surface area (Å²) in [6, 6.07) is 17.9. The molecule has 0 aliphatic heterocycles. The molecular formula is C26H36ClNO4. The first-order valence-electron chi connectivity index (χ1n) is 11.4. The van der Waals surface area contributed by atoms with Crippen LogP contribution in [-0.2, 0) is 9.47 Å². The van der Waals surface area contributed by atoms with Gasteiger partial charge in [0.25, 0.3) is 0 Å². The Bertz CT molecular complexity index is 781. The van der Waals surface area contributed by atoms with E-state index in [2.05, 4.69) is 20.8 Å². The summed E-state index contributed by atoms with van der Waals surface area (Å²) < 4.78 is 12.3. The van der Waals surface area contributed by atoms with Gasteiger partial charge in [-0.15, -0.1) is 0 Å². The molecule has 2 aromatic rings. The summed E-state index contributed by atoms with van der Waals surface area (Å²) >= 11 is 0. The van der Waals surface area contributed by atoms with Gasteiger partial charge in [-0.2, -0.15) is 0 Å². The van der Waals surface area contributed by atoms with Gasteiger partial charge in [-0.25, -0.2) is 9.59 Å². The lowest BCUT2D eigenvalue weighted by Gasteiger charge is -2.40. The van der Waals surface area contributed by atoms with Crippen molar-refractivity contribution in [2.75, 3.05) is 32.8 Å². The normalized spacial score (nSPS) is 11.8. The first-order chi connectivity index (χ1) is 15.0. The first-order valence-corrected chi connectivity index (χ1v) is 11.4. The number of ether oxygens (including phenoxy) is 2. The van der Waals surface area contributed by atoms with Gasteiger partial charge < -0.3 is 26.4 Å². The van der Waals surface area contributed by atoms with Crippen LogP contribution in [0.15, 0.2) is 60.7 Å². The number of benzene rings is 2. The standard InChI is InChI=1S/C26H36NO4.ClH/c1-4-17-27(18-5-2,19-6-3)20-24(31-26(29)23-15-11-8-12-16-23)21-30-25(28)22-13-9-7-10-14-22;/h7-16,24H,4-6,17-21H2,1-3H3;1H/q+1;/p-1. The van der Waals surface area contributed by atoms with E-state index in [1.807, 2.05) is 24.3 Å². The highest BCUT2D eigenvalue weighted by atomic mass is 35.5. The molecular weight excluding hydrogens is 426 g/mol. The monoisotopic (exact) mass is 461 g/mol. The highest BCUT2D eigenvalue weighted by Crippen LogP contribution is 2.17. The van der Waals surface area contributed by atoms with Crippen LogP contribution in [0.5, 0.6) is 0 Å². The van der Waals surface area contributed by atoms with Gasteiger partial charge >= 0.3 is 11.9 Å². The lowest BCUT2D eigenvalue weighted by Crippen LogP contribution is -3.00. The summed E-state index contributed by atoms with van der Waals surface area (Å²) in [7, 11) is 0. The number of carbonyl (C=O) groups is 2. The van der Waals surface area contributed by atoms with Gasteiger partial charge in [0.1, 0.15) is 13.2 Å². The number of esters is 2. The lowest BCUT2D eigenvalue weighted by molar-refractivity contribution is -0.930. The summed E-state index contributed by atoms with van der Waals surface area (Å²) in [5.41, 5.74) is 0.994. The number of rotatable bonds is 13. The van der Waals surface area contributed by atoms with E-state index in [0.29, 0.717) is 17.7 Å². The van der Waals surface area contributed by atoms with Crippen molar-refractivity contribution < 1.29 is 36.0 Å². The van der Waals surface area contributed by atoms with Crippen LogP contribution in [0.3, 0.4) is 0 Å². The Morgan fingerprint density at radius 2 is 1.19 bits per heavy atom. The predicted molar refractivity (Wildman–Crippen MR) is 123 cm³/mol. The Balaban J connectivity index is 0.00000512. The van der Waals surface area contributed by atoms with Crippen LogP contribution in [-0.4, -0.2) is 55.3 Å². The zero-order valence-electron chi connectivity index (χ0n) is 19.5. The molecule has 0 N–H and O–H groups in total. The molecule has 6 heteroatoms. The van der Waals surface area contributed by atoms with E-state index < -0.39 is 12.1 Å². The molecule has 5 nitrogen and oxygen atoms in total.